The van der Waals surface area contributed by atoms with Gasteiger partial charge in [-0.1, -0.05) is 19.1 Å². The van der Waals surface area contributed by atoms with Gasteiger partial charge in [0, 0.05) is 32.6 Å². The van der Waals surface area contributed by atoms with Crippen LogP contribution in [0.3, 0.4) is 0 Å². The van der Waals surface area contributed by atoms with Crippen molar-refractivity contribution in [3.8, 4) is 0 Å². The Morgan fingerprint density at radius 3 is 2.56 bits per heavy atom. The van der Waals surface area contributed by atoms with E-state index in [1.807, 2.05) is 0 Å². The van der Waals surface area contributed by atoms with Crippen LogP contribution >= 0.6 is 0 Å². The number of imide groups is 1. The van der Waals surface area contributed by atoms with Gasteiger partial charge in [-0.25, -0.2) is 9.18 Å². The fourth-order valence-electron chi connectivity index (χ4n) is 5.00. The Balaban J connectivity index is 1.41. The number of halogens is 1. The predicted molar refractivity (Wildman–Crippen MR) is 114 cm³/mol. The molecule has 1 atom stereocenters. The van der Waals surface area contributed by atoms with Gasteiger partial charge in [0.25, 0.3) is 5.91 Å². The summed E-state index contributed by atoms with van der Waals surface area (Å²) in [5, 5.41) is 2.89. The maximum atomic E-state index is 13.4. The van der Waals surface area contributed by atoms with E-state index in [4.69, 9.17) is 0 Å². The molecular weight excluding hydrogens is 415 g/mol. The van der Waals surface area contributed by atoms with Gasteiger partial charge in [0.1, 0.15) is 11.4 Å². The van der Waals surface area contributed by atoms with Gasteiger partial charge in [-0.2, -0.15) is 0 Å². The predicted octanol–water partition coefficient (Wildman–Crippen LogP) is 1.68. The molecule has 1 aromatic carbocycles. The molecule has 0 radical (unpaired) electrons. The van der Waals surface area contributed by atoms with Crippen LogP contribution in [0.5, 0.6) is 0 Å². The summed E-state index contributed by atoms with van der Waals surface area (Å²) in [5.74, 6) is -0.736. The van der Waals surface area contributed by atoms with Crippen molar-refractivity contribution in [2.75, 3.05) is 26.2 Å². The SMILES string of the molecule is CCC(=O)N1CCC2(CC1)NC(=O)N([C@H]1CCCN(C(=O)Cc3cccc(F)c3)C1)C2=O. The summed E-state index contributed by atoms with van der Waals surface area (Å²) in [5.41, 5.74) is -0.366. The molecule has 3 aliphatic heterocycles. The number of nitrogens with zero attached hydrogens (tertiary/aromatic N) is 3. The number of likely N-dealkylation sites (tertiary alicyclic amines) is 2. The van der Waals surface area contributed by atoms with Gasteiger partial charge in [0.2, 0.25) is 11.8 Å². The molecule has 8 nitrogen and oxygen atoms in total. The smallest absolute Gasteiger partial charge is 0.325 e. The Morgan fingerprint density at radius 1 is 1.12 bits per heavy atom. The minimum atomic E-state index is -0.963. The van der Waals surface area contributed by atoms with Crippen LogP contribution in [0.4, 0.5) is 9.18 Å². The highest BCUT2D eigenvalue weighted by molar-refractivity contribution is 6.07. The average Bonchev–Trinajstić information content (AvgIpc) is 3.02. The molecule has 0 aromatic heterocycles. The molecule has 0 unspecified atom stereocenters. The molecule has 32 heavy (non-hydrogen) atoms. The third kappa shape index (κ3) is 4.20. The zero-order valence-electron chi connectivity index (χ0n) is 18.3. The van der Waals surface area contributed by atoms with Crippen molar-refractivity contribution in [2.45, 2.75) is 57.0 Å². The van der Waals surface area contributed by atoms with E-state index in [2.05, 4.69) is 5.32 Å². The number of hydrogen-bond acceptors (Lipinski definition) is 4. The first-order chi connectivity index (χ1) is 15.3. The summed E-state index contributed by atoms with van der Waals surface area (Å²) in [6, 6.07) is 5.15. The first-order valence-corrected chi connectivity index (χ1v) is 11.3. The van der Waals surface area contributed by atoms with E-state index in [0.717, 1.165) is 0 Å². The Labute approximate surface area is 186 Å². The second kappa shape index (κ2) is 8.88. The largest absolute Gasteiger partial charge is 0.343 e. The van der Waals surface area contributed by atoms with E-state index in [-0.39, 0.29) is 42.5 Å². The monoisotopic (exact) mass is 444 g/mol. The normalized spacial score (nSPS) is 22.9. The quantitative estimate of drug-likeness (QED) is 0.716. The number of benzene rings is 1. The third-order valence-electron chi connectivity index (χ3n) is 6.82. The minimum absolute atomic E-state index is 0.0493. The van der Waals surface area contributed by atoms with Crippen LogP contribution in [0.2, 0.25) is 0 Å². The fourth-order valence-corrected chi connectivity index (χ4v) is 5.00. The highest BCUT2D eigenvalue weighted by Gasteiger charge is 2.54. The first-order valence-electron chi connectivity index (χ1n) is 11.3. The lowest BCUT2D eigenvalue weighted by atomic mass is 9.87. The van der Waals surface area contributed by atoms with Crippen molar-refractivity contribution in [1.82, 2.24) is 20.0 Å². The minimum Gasteiger partial charge on any atom is -0.343 e. The second-order valence-corrected chi connectivity index (χ2v) is 8.86. The van der Waals surface area contributed by atoms with E-state index < -0.39 is 11.6 Å². The van der Waals surface area contributed by atoms with Crippen LogP contribution in [-0.4, -0.2) is 76.2 Å². The lowest BCUT2D eigenvalue weighted by molar-refractivity contribution is -0.141. The summed E-state index contributed by atoms with van der Waals surface area (Å²) in [6.07, 6.45) is 2.61. The number of carbonyl (C=O) groups is 4. The van der Waals surface area contributed by atoms with E-state index in [1.54, 1.807) is 28.9 Å². The summed E-state index contributed by atoms with van der Waals surface area (Å²) in [4.78, 5) is 55.6. The second-order valence-electron chi connectivity index (χ2n) is 8.86. The summed E-state index contributed by atoms with van der Waals surface area (Å²) in [7, 11) is 0. The molecule has 1 aromatic rings. The molecule has 172 valence electrons. The van der Waals surface area contributed by atoms with Crippen LogP contribution < -0.4 is 5.32 Å². The number of amides is 5. The molecule has 0 saturated carbocycles. The molecule has 0 aliphatic carbocycles. The van der Waals surface area contributed by atoms with E-state index in [0.29, 0.717) is 57.3 Å². The third-order valence-corrected chi connectivity index (χ3v) is 6.82. The number of nitrogens with one attached hydrogen (secondary N) is 1. The molecule has 9 heteroatoms. The fraction of sp³-hybridized carbons (Fsp3) is 0.565. The van der Waals surface area contributed by atoms with Gasteiger partial charge in [0.15, 0.2) is 0 Å². The Morgan fingerprint density at radius 2 is 1.88 bits per heavy atom. The van der Waals surface area contributed by atoms with Crippen LogP contribution in [0, 0.1) is 5.82 Å². The first kappa shape index (κ1) is 22.2. The van der Waals surface area contributed by atoms with Gasteiger partial charge in [-0.05, 0) is 43.4 Å². The Bertz CT molecular complexity index is 928. The van der Waals surface area contributed by atoms with Crippen LogP contribution in [-0.2, 0) is 20.8 Å². The molecule has 1 spiro atoms. The summed E-state index contributed by atoms with van der Waals surface area (Å²) in [6.45, 7) is 3.52. The molecule has 4 rings (SSSR count). The Kier molecular flexibility index (Phi) is 6.17. The number of carbonyl (C=O) groups excluding carboxylic acids is 4. The number of urea groups is 1. The molecular formula is C23H29FN4O4. The van der Waals surface area contributed by atoms with Gasteiger partial charge < -0.3 is 15.1 Å². The van der Waals surface area contributed by atoms with E-state index >= 15 is 0 Å². The average molecular weight is 445 g/mol. The van der Waals surface area contributed by atoms with Gasteiger partial charge in [0.05, 0.1) is 12.5 Å². The molecule has 0 bridgehead atoms. The van der Waals surface area contributed by atoms with Crippen molar-refractivity contribution in [3.05, 3.63) is 35.6 Å². The van der Waals surface area contributed by atoms with Crippen molar-refractivity contribution < 1.29 is 23.6 Å². The lowest BCUT2D eigenvalue weighted by Crippen LogP contribution is -2.57. The molecule has 3 fully saturated rings. The number of rotatable bonds is 4. The summed E-state index contributed by atoms with van der Waals surface area (Å²) < 4.78 is 13.4. The van der Waals surface area contributed by atoms with Gasteiger partial charge in [-0.3, -0.25) is 19.3 Å². The Hall–Kier alpha value is -2.97. The highest BCUT2D eigenvalue weighted by Crippen LogP contribution is 2.32. The van der Waals surface area contributed by atoms with Crippen molar-refractivity contribution in [2.24, 2.45) is 0 Å². The van der Waals surface area contributed by atoms with Crippen molar-refractivity contribution in [1.29, 1.82) is 0 Å². The lowest BCUT2D eigenvalue weighted by Gasteiger charge is -2.39. The van der Waals surface area contributed by atoms with E-state index in [1.165, 1.54) is 17.0 Å². The molecule has 3 saturated heterocycles. The molecule has 5 amide bonds. The molecule has 3 heterocycles. The summed E-state index contributed by atoms with van der Waals surface area (Å²) >= 11 is 0. The van der Waals surface area contributed by atoms with Crippen LogP contribution in [0.15, 0.2) is 24.3 Å². The van der Waals surface area contributed by atoms with E-state index in [9.17, 15) is 23.6 Å². The van der Waals surface area contributed by atoms with Crippen LogP contribution in [0.25, 0.3) is 0 Å². The number of hydrogen-bond donors (Lipinski definition) is 1. The maximum Gasteiger partial charge on any atom is 0.325 e. The van der Waals surface area contributed by atoms with Gasteiger partial charge in [-0.15, -0.1) is 0 Å². The molecule has 1 N–H and O–H groups in total. The van der Waals surface area contributed by atoms with Gasteiger partial charge >= 0.3 is 6.03 Å². The number of piperidine rings is 2. The highest BCUT2D eigenvalue weighted by atomic mass is 19.1. The van der Waals surface area contributed by atoms with Crippen molar-refractivity contribution in [3.63, 3.8) is 0 Å². The van der Waals surface area contributed by atoms with Crippen molar-refractivity contribution >= 4 is 23.8 Å². The maximum absolute atomic E-state index is 13.4. The zero-order chi connectivity index (χ0) is 22.9. The zero-order valence-corrected chi connectivity index (χ0v) is 18.3. The molecule has 3 aliphatic rings. The standard InChI is InChI=1S/C23H29FN4O4/c1-2-19(29)26-11-8-23(9-12-26)21(31)28(22(32)25-23)18-7-4-10-27(15-18)20(30)14-16-5-3-6-17(24)13-16/h3,5-6,13,18H,2,4,7-12,14-15H2,1H3,(H,25,32)/t18-/m0/s1. The van der Waals surface area contributed by atoms with Crippen LogP contribution in [0.1, 0.15) is 44.6 Å². The topological polar surface area (TPSA) is 90.0 Å².